The van der Waals surface area contributed by atoms with Crippen LogP contribution < -0.4 is 10.4 Å². The monoisotopic (exact) mass is 253 g/mol. The maximum atomic E-state index is 11.0. The zero-order valence-corrected chi connectivity index (χ0v) is 10.1. The number of carbonyl (C=O) groups is 2. The van der Waals surface area contributed by atoms with E-state index in [4.69, 9.17) is 10.2 Å². The predicted octanol–water partition coefficient (Wildman–Crippen LogP) is 1.42. The summed E-state index contributed by atoms with van der Waals surface area (Å²) in [5.74, 6) is 0. The van der Waals surface area contributed by atoms with Crippen molar-refractivity contribution in [3.05, 3.63) is 29.8 Å². The lowest BCUT2D eigenvalue weighted by Gasteiger charge is -2.19. The van der Waals surface area contributed by atoms with Crippen molar-refractivity contribution in [3.63, 3.8) is 0 Å². The van der Waals surface area contributed by atoms with Crippen LogP contribution in [-0.4, -0.2) is 41.4 Å². The standard InChI is InChI=1S/C11H15N3O4/c1-13(2)7-8-4-3-5-9(6-8)14(11(17)18)12-10(15)16/h3-6,12H,7H2,1-2H3,(H,15,16)(H,17,18). The molecule has 0 heterocycles. The first kappa shape index (κ1) is 13.8. The third-order valence-electron chi connectivity index (χ3n) is 2.07. The first-order valence-corrected chi connectivity index (χ1v) is 5.16. The smallest absolute Gasteiger partial charge is 0.431 e. The summed E-state index contributed by atoms with van der Waals surface area (Å²) in [7, 11) is 3.77. The Morgan fingerprint density at radius 3 is 2.44 bits per heavy atom. The highest BCUT2D eigenvalue weighted by Gasteiger charge is 2.16. The second kappa shape index (κ2) is 5.87. The maximum Gasteiger partial charge on any atom is 0.431 e. The Kier molecular flexibility index (Phi) is 4.50. The van der Waals surface area contributed by atoms with Gasteiger partial charge in [-0.3, -0.25) is 0 Å². The van der Waals surface area contributed by atoms with Gasteiger partial charge in [0.1, 0.15) is 0 Å². The van der Waals surface area contributed by atoms with Gasteiger partial charge in [-0.2, -0.15) is 5.01 Å². The molecule has 2 amide bonds. The molecule has 0 saturated heterocycles. The molecular weight excluding hydrogens is 238 g/mol. The number of benzene rings is 1. The van der Waals surface area contributed by atoms with Crippen LogP contribution in [0.15, 0.2) is 24.3 Å². The van der Waals surface area contributed by atoms with E-state index in [-0.39, 0.29) is 5.69 Å². The Balaban J connectivity index is 2.97. The zero-order chi connectivity index (χ0) is 13.7. The van der Waals surface area contributed by atoms with Crippen LogP contribution in [0.3, 0.4) is 0 Å². The quantitative estimate of drug-likeness (QED) is 0.708. The van der Waals surface area contributed by atoms with E-state index in [1.165, 1.54) is 6.07 Å². The number of hydrogen-bond donors (Lipinski definition) is 3. The van der Waals surface area contributed by atoms with Gasteiger partial charge in [0.15, 0.2) is 0 Å². The Morgan fingerprint density at radius 2 is 1.94 bits per heavy atom. The molecule has 0 aliphatic rings. The molecule has 0 saturated carbocycles. The maximum absolute atomic E-state index is 11.0. The molecule has 0 unspecified atom stereocenters. The number of rotatable bonds is 3. The highest BCUT2D eigenvalue weighted by atomic mass is 16.4. The van der Waals surface area contributed by atoms with Gasteiger partial charge in [0.2, 0.25) is 0 Å². The molecule has 0 aliphatic carbocycles. The average molecular weight is 253 g/mol. The molecule has 98 valence electrons. The van der Waals surface area contributed by atoms with Crippen LogP contribution in [0, 0.1) is 0 Å². The Labute approximate surface area is 104 Å². The summed E-state index contributed by atoms with van der Waals surface area (Å²) in [6.07, 6.45) is -2.82. The van der Waals surface area contributed by atoms with Gasteiger partial charge in [0, 0.05) is 6.54 Å². The summed E-state index contributed by atoms with van der Waals surface area (Å²) in [4.78, 5) is 23.4. The van der Waals surface area contributed by atoms with Crippen LogP contribution in [0.5, 0.6) is 0 Å². The van der Waals surface area contributed by atoms with Gasteiger partial charge in [-0.25, -0.2) is 15.0 Å². The minimum Gasteiger partial charge on any atom is -0.464 e. The molecule has 3 N–H and O–H groups in total. The van der Waals surface area contributed by atoms with E-state index in [0.717, 1.165) is 5.56 Å². The van der Waals surface area contributed by atoms with Crippen molar-refractivity contribution in [2.24, 2.45) is 0 Å². The molecular formula is C11H15N3O4. The Hall–Kier alpha value is -2.28. The van der Waals surface area contributed by atoms with Crippen molar-refractivity contribution in [3.8, 4) is 0 Å². The second-order valence-corrected chi connectivity index (χ2v) is 3.94. The molecule has 1 aromatic carbocycles. The molecule has 0 bridgehead atoms. The Bertz CT molecular complexity index is 448. The summed E-state index contributed by atoms with van der Waals surface area (Å²) in [5.41, 5.74) is 2.95. The molecule has 0 aliphatic heterocycles. The lowest BCUT2D eigenvalue weighted by Crippen LogP contribution is -2.45. The number of nitrogens with one attached hydrogen (secondary N) is 1. The van der Waals surface area contributed by atoms with Crippen molar-refractivity contribution in [2.45, 2.75) is 6.54 Å². The van der Waals surface area contributed by atoms with Gasteiger partial charge < -0.3 is 15.1 Å². The molecule has 0 fully saturated rings. The van der Waals surface area contributed by atoms with Crippen LogP contribution in [0.2, 0.25) is 0 Å². The highest BCUT2D eigenvalue weighted by molar-refractivity contribution is 5.88. The number of nitrogens with zero attached hydrogens (tertiary/aromatic N) is 2. The second-order valence-electron chi connectivity index (χ2n) is 3.94. The fourth-order valence-corrected chi connectivity index (χ4v) is 1.48. The van der Waals surface area contributed by atoms with Crippen LogP contribution in [0.1, 0.15) is 5.56 Å². The third-order valence-corrected chi connectivity index (χ3v) is 2.07. The summed E-state index contributed by atoms with van der Waals surface area (Å²) < 4.78 is 0. The van der Waals surface area contributed by atoms with Crippen molar-refractivity contribution in [1.82, 2.24) is 10.3 Å². The minimum absolute atomic E-state index is 0.254. The van der Waals surface area contributed by atoms with Gasteiger partial charge in [0.25, 0.3) is 0 Å². The molecule has 0 atom stereocenters. The molecule has 1 rings (SSSR count). The first-order chi connectivity index (χ1) is 8.40. The van der Waals surface area contributed by atoms with Crippen molar-refractivity contribution in [1.29, 1.82) is 0 Å². The lowest BCUT2D eigenvalue weighted by molar-refractivity contribution is 0.181. The number of anilines is 1. The minimum atomic E-state index is -1.43. The summed E-state index contributed by atoms with van der Waals surface area (Å²) in [5, 5.41) is 18.1. The third kappa shape index (κ3) is 3.95. The van der Waals surface area contributed by atoms with Gasteiger partial charge in [-0.15, -0.1) is 0 Å². The van der Waals surface area contributed by atoms with Gasteiger partial charge in [-0.1, -0.05) is 12.1 Å². The SMILES string of the molecule is CN(C)Cc1cccc(N(NC(=O)O)C(=O)O)c1. The highest BCUT2D eigenvalue weighted by Crippen LogP contribution is 2.15. The van der Waals surface area contributed by atoms with E-state index >= 15 is 0 Å². The zero-order valence-electron chi connectivity index (χ0n) is 10.1. The fourth-order valence-electron chi connectivity index (χ4n) is 1.48. The van der Waals surface area contributed by atoms with E-state index < -0.39 is 12.2 Å². The van der Waals surface area contributed by atoms with Crippen molar-refractivity contribution >= 4 is 17.9 Å². The lowest BCUT2D eigenvalue weighted by atomic mass is 10.2. The number of amides is 2. The molecule has 0 spiro atoms. The van der Waals surface area contributed by atoms with E-state index in [1.54, 1.807) is 12.1 Å². The van der Waals surface area contributed by atoms with Crippen LogP contribution >= 0.6 is 0 Å². The Morgan fingerprint density at radius 1 is 1.28 bits per heavy atom. The molecule has 0 radical (unpaired) electrons. The van der Waals surface area contributed by atoms with Gasteiger partial charge >= 0.3 is 12.2 Å². The van der Waals surface area contributed by atoms with E-state index in [2.05, 4.69) is 0 Å². The van der Waals surface area contributed by atoms with Crippen LogP contribution in [-0.2, 0) is 6.54 Å². The topological polar surface area (TPSA) is 93.1 Å². The average Bonchev–Trinajstić information content (AvgIpc) is 2.24. The molecule has 0 aromatic heterocycles. The van der Waals surface area contributed by atoms with E-state index in [9.17, 15) is 9.59 Å². The fraction of sp³-hybridized carbons (Fsp3) is 0.273. The summed E-state index contributed by atoms with van der Waals surface area (Å²) in [6, 6.07) is 6.64. The van der Waals surface area contributed by atoms with Gasteiger partial charge in [-0.05, 0) is 31.8 Å². The number of hydrazine groups is 1. The van der Waals surface area contributed by atoms with Crippen LogP contribution in [0.4, 0.5) is 15.3 Å². The molecule has 7 nitrogen and oxygen atoms in total. The summed E-state index contributed by atoms with van der Waals surface area (Å²) in [6.45, 7) is 0.633. The first-order valence-electron chi connectivity index (χ1n) is 5.16. The molecule has 7 heteroatoms. The van der Waals surface area contributed by atoms with Crippen molar-refractivity contribution < 1.29 is 19.8 Å². The van der Waals surface area contributed by atoms with Crippen molar-refractivity contribution in [2.75, 3.05) is 19.1 Å². The molecule has 1 aromatic rings. The largest absolute Gasteiger partial charge is 0.464 e. The normalized spacial score (nSPS) is 10.2. The van der Waals surface area contributed by atoms with Crippen LogP contribution in [0.25, 0.3) is 0 Å². The van der Waals surface area contributed by atoms with E-state index in [0.29, 0.717) is 11.6 Å². The predicted molar refractivity (Wildman–Crippen MR) is 65.5 cm³/mol. The number of hydrogen-bond acceptors (Lipinski definition) is 3. The van der Waals surface area contributed by atoms with E-state index in [1.807, 2.05) is 30.5 Å². The molecule has 18 heavy (non-hydrogen) atoms. The number of carboxylic acid groups (broad SMARTS) is 2. The van der Waals surface area contributed by atoms with Gasteiger partial charge in [0.05, 0.1) is 5.69 Å². The summed E-state index contributed by atoms with van der Waals surface area (Å²) >= 11 is 0.